The molecule has 1 aromatic rings. The zero-order valence-corrected chi connectivity index (χ0v) is 9.77. The van der Waals surface area contributed by atoms with Crippen LogP contribution in [0.1, 0.15) is 17.5 Å². The van der Waals surface area contributed by atoms with E-state index in [4.69, 9.17) is 14.6 Å². The Balaban J connectivity index is 2.38. The molecule has 4 nitrogen and oxygen atoms in total. The van der Waals surface area contributed by atoms with Gasteiger partial charge in [0, 0.05) is 5.56 Å². The molecule has 1 atom stereocenters. The van der Waals surface area contributed by atoms with E-state index >= 15 is 0 Å². The number of aryl methyl sites for hydroxylation is 1. The maximum absolute atomic E-state index is 9.36. The van der Waals surface area contributed by atoms with Gasteiger partial charge in [0.15, 0.2) is 5.60 Å². The van der Waals surface area contributed by atoms with Gasteiger partial charge in [0.25, 0.3) is 0 Å². The minimum atomic E-state index is -0.924. The van der Waals surface area contributed by atoms with Crippen LogP contribution in [0.4, 0.5) is 0 Å². The molecule has 0 saturated heterocycles. The summed E-state index contributed by atoms with van der Waals surface area (Å²) >= 11 is 0. The zero-order valence-electron chi connectivity index (χ0n) is 9.77. The van der Waals surface area contributed by atoms with Gasteiger partial charge in [-0.3, -0.25) is 0 Å². The van der Waals surface area contributed by atoms with Gasteiger partial charge in [-0.1, -0.05) is 6.07 Å². The van der Waals surface area contributed by atoms with E-state index in [0.717, 1.165) is 23.3 Å². The number of ether oxygens (including phenoxy) is 2. The summed E-state index contributed by atoms with van der Waals surface area (Å²) in [7, 11) is 1.60. The molecule has 4 heteroatoms. The summed E-state index contributed by atoms with van der Waals surface area (Å²) in [5, 5.41) is 18.2. The minimum Gasteiger partial charge on any atom is -0.497 e. The predicted octanol–water partition coefficient (Wildman–Crippen LogP) is 1.37. The number of nitrogens with zero attached hydrogens (tertiary/aromatic N) is 1. The number of aliphatic hydroxyl groups excluding tert-OH is 1. The summed E-state index contributed by atoms with van der Waals surface area (Å²) in [6.45, 7) is 0.0902. The van der Waals surface area contributed by atoms with E-state index < -0.39 is 5.60 Å². The van der Waals surface area contributed by atoms with Crippen LogP contribution in [0.25, 0.3) is 0 Å². The fourth-order valence-corrected chi connectivity index (χ4v) is 2.24. The van der Waals surface area contributed by atoms with E-state index in [1.54, 1.807) is 7.11 Å². The number of methoxy groups -OCH3 is 1. The van der Waals surface area contributed by atoms with Crippen LogP contribution in [-0.2, 0) is 16.8 Å². The van der Waals surface area contributed by atoms with Gasteiger partial charge in [-0.15, -0.1) is 0 Å². The highest BCUT2D eigenvalue weighted by atomic mass is 16.5. The average molecular weight is 233 g/mol. The van der Waals surface area contributed by atoms with Crippen LogP contribution in [0.5, 0.6) is 5.75 Å². The normalized spacial score (nSPS) is 21.9. The summed E-state index contributed by atoms with van der Waals surface area (Å²) < 4.78 is 10.7. The molecule has 0 fully saturated rings. The topological polar surface area (TPSA) is 62.5 Å². The molecule has 0 aliphatic heterocycles. The molecule has 1 aromatic carbocycles. The van der Waals surface area contributed by atoms with Gasteiger partial charge in [-0.25, -0.2) is 0 Å². The van der Waals surface area contributed by atoms with Crippen molar-refractivity contribution in [1.29, 1.82) is 5.26 Å². The quantitative estimate of drug-likeness (QED) is 0.853. The molecule has 1 unspecified atom stereocenters. The zero-order chi connectivity index (χ0) is 12.3. The molecule has 1 aliphatic rings. The summed E-state index contributed by atoms with van der Waals surface area (Å²) in [5.41, 5.74) is 1.06. The van der Waals surface area contributed by atoms with Gasteiger partial charge in [-0.05, 0) is 30.5 Å². The molecule has 0 radical (unpaired) electrons. The first-order valence-corrected chi connectivity index (χ1v) is 5.59. The van der Waals surface area contributed by atoms with Crippen LogP contribution in [0.3, 0.4) is 0 Å². The van der Waals surface area contributed by atoms with Crippen molar-refractivity contribution in [1.82, 2.24) is 0 Å². The Morgan fingerprint density at radius 1 is 1.53 bits per heavy atom. The van der Waals surface area contributed by atoms with Crippen LogP contribution in [-0.4, -0.2) is 25.4 Å². The van der Waals surface area contributed by atoms with Crippen LogP contribution in [0, 0.1) is 11.3 Å². The second kappa shape index (κ2) is 4.74. The number of hydrogen-bond donors (Lipinski definition) is 1. The van der Waals surface area contributed by atoms with E-state index in [-0.39, 0.29) is 13.2 Å². The summed E-state index contributed by atoms with van der Waals surface area (Å²) in [6.07, 6.45) is 1.45. The summed E-state index contributed by atoms with van der Waals surface area (Å²) in [5.74, 6) is 0.720. The van der Waals surface area contributed by atoms with Gasteiger partial charge >= 0.3 is 0 Å². The molecular formula is C13H15NO3. The van der Waals surface area contributed by atoms with E-state index in [1.807, 2.05) is 18.2 Å². The molecule has 0 spiro atoms. The highest BCUT2D eigenvalue weighted by molar-refractivity contribution is 5.46. The molecule has 2 rings (SSSR count). The summed E-state index contributed by atoms with van der Waals surface area (Å²) in [6, 6.07) is 7.94. The first-order valence-electron chi connectivity index (χ1n) is 5.59. The van der Waals surface area contributed by atoms with Crippen molar-refractivity contribution >= 4 is 0 Å². The molecule has 0 amide bonds. The molecule has 0 heterocycles. The Labute approximate surface area is 100 Å². The second-order valence-electron chi connectivity index (χ2n) is 4.03. The highest BCUT2D eigenvalue weighted by Gasteiger charge is 2.40. The number of rotatable bonds is 4. The number of hydrogen-bond acceptors (Lipinski definition) is 4. The van der Waals surface area contributed by atoms with Crippen molar-refractivity contribution in [3.63, 3.8) is 0 Å². The maximum atomic E-state index is 9.36. The van der Waals surface area contributed by atoms with E-state index in [0.29, 0.717) is 6.42 Å². The monoisotopic (exact) mass is 233 g/mol. The van der Waals surface area contributed by atoms with Crippen LogP contribution in [0.2, 0.25) is 0 Å². The molecule has 90 valence electrons. The molecule has 1 N–H and O–H groups in total. The molecule has 1 aliphatic carbocycles. The van der Waals surface area contributed by atoms with E-state index in [9.17, 15) is 5.26 Å². The number of fused-ring (bicyclic) bond motifs is 1. The Morgan fingerprint density at radius 3 is 3.00 bits per heavy atom. The first kappa shape index (κ1) is 11.9. The van der Waals surface area contributed by atoms with Gasteiger partial charge < -0.3 is 14.6 Å². The fourth-order valence-electron chi connectivity index (χ4n) is 2.24. The Kier molecular flexibility index (Phi) is 3.32. The van der Waals surface area contributed by atoms with Crippen molar-refractivity contribution in [2.75, 3.05) is 20.3 Å². The Hall–Kier alpha value is -1.57. The fraction of sp³-hybridized carbons (Fsp3) is 0.462. The van der Waals surface area contributed by atoms with Crippen molar-refractivity contribution < 1.29 is 14.6 Å². The third-order valence-corrected chi connectivity index (χ3v) is 3.12. The highest BCUT2D eigenvalue weighted by Crippen LogP contribution is 2.41. The van der Waals surface area contributed by atoms with E-state index in [2.05, 4.69) is 6.07 Å². The lowest BCUT2D eigenvalue weighted by Crippen LogP contribution is -2.26. The molecule has 0 bridgehead atoms. The standard InChI is InChI=1S/C13H15NO3/c1-16-11-3-2-10-4-5-13(9-14,12(10)8-11)17-7-6-15/h2-3,8,15H,4-7H2,1H3. The lowest BCUT2D eigenvalue weighted by atomic mass is 9.97. The Bertz CT molecular complexity index is 452. The number of nitriles is 1. The van der Waals surface area contributed by atoms with Crippen LogP contribution >= 0.6 is 0 Å². The predicted molar refractivity (Wildman–Crippen MR) is 61.6 cm³/mol. The van der Waals surface area contributed by atoms with Crippen LogP contribution < -0.4 is 4.74 Å². The van der Waals surface area contributed by atoms with Gasteiger partial charge in [-0.2, -0.15) is 5.26 Å². The van der Waals surface area contributed by atoms with Crippen molar-refractivity contribution in [3.05, 3.63) is 29.3 Å². The molecule has 17 heavy (non-hydrogen) atoms. The minimum absolute atomic E-state index is 0.0806. The molecular weight excluding hydrogens is 218 g/mol. The Morgan fingerprint density at radius 2 is 2.35 bits per heavy atom. The molecule has 0 aromatic heterocycles. The smallest absolute Gasteiger partial charge is 0.180 e. The van der Waals surface area contributed by atoms with Crippen LogP contribution in [0.15, 0.2) is 18.2 Å². The third-order valence-electron chi connectivity index (χ3n) is 3.12. The number of aliphatic hydroxyl groups is 1. The summed E-state index contributed by atoms with van der Waals surface area (Å²) in [4.78, 5) is 0. The lowest BCUT2D eigenvalue weighted by molar-refractivity contribution is -0.0219. The van der Waals surface area contributed by atoms with Gasteiger partial charge in [0.1, 0.15) is 11.8 Å². The van der Waals surface area contributed by atoms with Crippen molar-refractivity contribution in [3.8, 4) is 11.8 Å². The lowest BCUT2D eigenvalue weighted by Gasteiger charge is -2.22. The van der Waals surface area contributed by atoms with E-state index in [1.165, 1.54) is 0 Å². The van der Waals surface area contributed by atoms with Gasteiger partial charge in [0.2, 0.25) is 0 Å². The third kappa shape index (κ3) is 1.99. The largest absolute Gasteiger partial charge is 0.497 e. The molecule has 0 saturated carbocycles. The second-order valence-corrected chi connectivity index (χ2v) is 4.03. The average Bonchev–Trinajstić information content (AvgIpc) is 2.75. The maximum Gasteiger partial charge on any atom is 0.180 e. The first-order chi connectivity index (χ1) is 8.25. The SMILES string of the molecule is COc1ccc2c(c1)C(C#N)(OCCO)CC2. The number of benzene rings is 1. The van der Waals surface area contributed by atoms with Gasteiger partial charge in [0.05, 0.1) is 20.3 Å². The van der Waals surface area contributed by atoms with Crippen molar-refractivity contribution in [2.24, 2.45) is 0 Å². The van der Waals surface area contributed by atoms with Crippen molar-refractivity contribution in [2.45, 2.75) is 18.4 Å².